The van der Waals surface area contributed by atoms with Crippen LogP contribution in [0.1, 0.15) is 17.5 Å². The number of nitrogens with one attached hydrogen (secondary N) is 1. The average Bonchev–Trinajstić information content (AvgIpc) is 2.13. The van der Waals surface area contributed by atoms with Crippen LogP contribution in [0.4, 0.5) is 0 Å². The molecule has 72 valence electrons. The smallest absolute Gasteiger partial charge is 0.222 e. The average molecular weight is 187 g/mol. The first-order valence-corrected chi connectivity index (χ1v) is 4.78. The highest BCUT2D eigenvalue weighted by Crippen LogP contribution is 2.09. The second-order valence-corrected chi connectivity index (χ2v) is 3.65. The van der Waals surface area contributed by atoms with Gasteiger partial charge in [0.2, 0.25) is 5.91 Å². The van der Waals surface area contributed by atoms with Gasteiger partial charge in [-0.05, 0) is 12.5 Å². The van der Waals surface area contributed by atoms with Gasteiger partial charge in [0.05, 0.1) is 12.5 Å². The van der Waals surface area contributed by atoms with Crippen LogP contribution < -0.4 is 5.32 Å². The molecule has 2 nitrogen and oxygen atoms in total. The second-order valence-electron chi connectivity index (χ2n) is 3.65. The Hall–Kier alpha value is -1.57. The standard InChI is InChI=1S/C12H13NO/c1-9-2-4-10(5-3-9)6-7-11-8-12(14)13-11/h2-7,11H,8H2,1H3,(H,13,14)/b7-6+. The summed E-state index contributed by atoms with van der Waals surface area (Å²) in [5.41, 5.74) is 2.44. The summed E-state index contributed by atoms with van der Waals surface area (Å²) in [4.78, 5) is 10.6. The predicted octanol–water partition coefficient (Wildman–Crippen LogP) is 1.90. The molecule has 1 heterocycles. The van der Waals surface area contributed by atoms with E-state index < -0.39 is 0 Å². The molecule has 1 aromatic carbocycles. The van der Waals surface area contributed by atoms with Crippen molar-refractivity contribution in [1.29, 1.82) is 0 Å². The van der Waals surface area contributed by atoms with Crippen LogP contribution >= 0.6 is 0 Å². The number of rotatable bonds is 2. The number of carbonyl (C=O) groups excluding carboxylic acids is 1. The summed E-state index contributed by atoms with van der Waals surface area (Å²) in [5.74, 6) is 0.142. The van der Waals surface area contributed by atoms with Crippen molar-refractivity contribution in [3.63, 3.8) is 0 Å². The number of amides is 1. The monoisotopic (exact) mass is 187 g/mol. The normalized spacial score (nSPS) is 20.6. The second kappa shape index (κ2) is 3.66. The van der Waals surface area contributed by atoms with Crippen LogP contribution in [0.2, 0.25) is 0 Å². The Balaban J connectivity index is 1.97. The maximum atomic E-state index is 10.6. The number of hydrogen-bond acceptors (Lipinski definition) is 1. The van der Waals surface area contributed by atoms with Crippen molar-refractivity contribution in [2.45, 2.75) is 19.4 Å². The fraction of sp³-hybridized carbons (Fsp3) is 0.250. The zero-order valence-electron chi connectivity index (χ0n) is 8.16. The van der Waals surface area contributed by atoms with E-state index in [4.69, 9.17) is 0 Å². The van der Waals surface area contributed by atoms with Gasteiger partial charge in [-0.15, -0.1) is 0 Å². The fourth-order valence-corrected chi connectivity index (χ4v) is 1.41. The van der Waals surface area contributed by atoms with E-state index in [9.17, 15) is 4.79 Å². The van der Waals surface area contributed by atoms with Crippen LogP contribution in [0, 0.1) is 6.92 Å². The molecule has 0 bridgehead atoms. The molecular formula is C12H13NO. The van der Waals surface area contributed by atoms with Gasteiger partial charge in [0.1, 0.15) is 0 Å². The van der Waals surface area contributed by atoms with Crippen molar-refractivity contribution < 1.29 is 4.79 Å². The molecule has 1 amide bonds. The van der Waals surface area contributed by atoms with Crippen LogP contribution in [-0.2, 0) is 4.79 Å². The minimum atomic E-state index is 0.142. The van der Waals surface area contributed by atoms with Crippen LogP contribution in [0.3, 0.4) is 0 Å². The lowest BCUT2D eigenvalue weighted by Gasteiger charge is -2.23. The summed E-state index contributed by atoms with van der Waals surface area (Å²) in [6, 6.07) is 8.56. The molecular weight excluding hydrogens is 174 g/mol. The van der Waals surface area contributed by atoms with Crippen molar-refractivity contribution in [3.05, 3.63) is 41.5 Å². The molecule has 1 aliphatic rings. The van der Waals surface area contributed by atoms with Gasteiger partial charge in [-0.25, -0.2) is 0 Å². The molecule has 0 radical (unpaired) electrons. The Morgan fingerprint density at radius 1 is 1.36 bits per heavy atom. The molecule has 14 heavy (non-hydrogen) atoms. The van der Waals surface area contributed by atoms with E-state index in [-0.39, 0.29) is 11.9 Å². The first-order valence-electron chi connectivity index (χ1n) is 4.78. The fourth-order valence-electron chi connectivity index (χ4n) is 1.41. The largest absolute Gasteiger partial charge is 0.349 e. The van der Waals surface area contributed by atoms with Crippen molar-refractivity contribution in [1.82, 2.24) is 5.32 Å². The quantitative estimate of drug-likeness (QED) is 0.704. The van der Waals surface area contributed by atoms with Gasteiger partial charge in [-0.3, -0.25) is 4.79 Å². The van der Waals surface area contributed by atoms with E-state index in [0.717, 1.165) is 0 Å². The number of hydrogen-bond donors (Lipinski definition) is 1. The summed E-state index contributed by atoms with van der Waals surface area (Å²) in [7, 11) is 0. The molecule has 1 aliphatic heterocycles. The molecule has 0 spiro atoms. The third kappa shape index (κ3) is 2.02. The van der Waals surface area contributed by atoms with Crippen molar-refractivity contribution >= 4 is 12.0 Å². The van der Waals surface area contributed by atoms with E-state index in [1.165, 1.54) is 11.1 Å². The minimum absolute atomic E-state index is 0.142. The predicted molar refractivity (Wildman–Crippen MR) is 56.8 cm³/mol. The molecule has 1 N–H and O–H groups in total. The topological polar surface area (TPSA) is 29.1 Å². The summed E-state index contributed by atoms with van der Waals surface area (Å²) in [5, 5.41) is 2.80. The van der Waals surface area contributed by atoms with Gasteiger partial charge in [0, 0.05) is 0 Å². The molecule has 0 aromatic heterocycles. The number of aryl methyl sites for hydroxylation is 1. The van der Waals surface area contributed by atoms with E-state index in [1.54, 1.807) is 0 Å². The van der Waals surface area contributed by atoms with Gasteiger partial charge in [-0.2, -0.15) is 0 Å². The van der Waals surface area contributed by atoms with Crippen LogP contribution in [-0.4, -0.2) is 11.9 Å². The van der Waals surface area contributed by atoms with E-state index in [0.29, 0.717) is 6.42 Å². The molecule has 1 aromatic rings. The maximum absolute atomic E-state index is 10.6. The van der Waals surface area contributed by atoms with Gasteiger partial charge < -0.3 is 5.32 Å². The lowest BCUT2D eigenvalue weighted by atomic mass is 10.0. The summed E-state index contributed by atoms with van der Waals surface area (Å²) in [6.07, 6.45) is 4.71. The van der Waals surface area contributed by atoms with Gasteiger partial charge in [-0.1, -0.05) is 42.0 Å². The lowest BCUT2D eigenvalue weighted by molar-refractivity contribution is -0.127. The first kappa shape index (κ1) is 9.00. The Bertz CT molecular complexity index is 356. The zero-order valence-corrected chi connectivity index (χ0v) is 8.16. The highest BCUT2D eigenvalue weighted by Gasteiger charge is 2.21. The van der Waals surface area contributed by atoms with Crippen LogP contribution in [0.5, 0.6) is 0 Å². The molecule has 1 unspecified atom stereocenters. The van der Waals surface area contributed by atoms with Crippen LogP contribution in [0.15, 0.2) is 30.3 Å². The van der Waals surface area contributed by atoms with Crippen LogP contribution in [0.25, 0.3) is 6.08 Å². The number of benzene rings is 1. The summed E-state index contributed by atoms with van der Waals surface area (Å²) in [6.45, 7) is 2.07. The zero-order chi connectivity index (χ0) is 9.97. The van der Waals surface area contributed by atoms with Crippen molar-refractivity contribution in [3.8, 4) is 0 Å². The van der Waals surface area contributed by atoms with E-state index in [1.807, 2.05) is 12.2 Å². The van der Waals surface area contributed by atoms with Crippen molar-refractivity contribution in [2.75, 3.05) is 0 Å². The Morgan fingerprint density at radius 3 is 2.57 bits per heavy atom. The molecule has 2 heteroatoms. The summed E-state index contributed by atoms with van der Waals surface area (Å²) >= 11 is 0. The van der Waals surface area contributed by atoms with Crippen molar-refractivity contribution in [2.24, 2.45) is 0 Å². The molecule has 2 rings (SSSR count). The van der Waals surface area contributed by atoms with Gasteiger partial charge >= 0.3 is 0 Å². The first-order chi connectivity index (χ1) is 6.74. The highest BCUT2D eigenvalue weighted by molar-refractivity contribution is 5.84. The number of β-lactam (4-membered cyclic amide) rings is 1. The lowest BCUT2D eigenvalue weighted by Crippen LogP contribution is -2.46. The van der Waals surface area contributed by atoms with Gasteiger partial charge in [0.25, 0.3) is 0 Å². The molecule has 1 atom stereocenters. The van der Waals surface area contributed by atoms with Gasteiger partial charge in [0.15, 0.2) is 0 Å². The molecule has 1 saturated heterocycles. The highest BCUT2D eigenvalue weighted by atomic mass is 16.2. The van der Waals surface area contributed by atoms with E-state index >= 15 is 0 Å². The molecule has 1 fully saturated rings. The Morgan fingerprint density at radius 2 is 2.00 bits per heavy atom. The summed E-state index contributed by atoms with van der Waals surface area (Å²) < 4.78 is 0. The number of carbonyl (C=O) groups is 1. The Labute approximate surface area is 83.6 Å². The molecule has 0 aliphatic carbocycles. The Kier molecular flexibility index (Phi) is 2.35. The third-order valence-electron chi connectivity index (χ3n) is 2.35. The SMILES string of the molecule is Cc1ccc(/C=C/C2CC(=O)N2)cc1. The molecule has 0 saturated carbocycles. The van der Waals surface area contributed by atoms with E-state index in [2.05, 4.69) is 36.5 Å². The third-order valence-corrected chi connectivity index (χ3v) is 2.35. The minimum Gasteiger partial charge on any atom is -0.349 e. The maximum Gasteiger partial charge on any atom is 0.222 e.